The zero-order chi connectivity index (χ0) is 14.8. The third-order valence-electron chi connectivity index (χ3n) is 5.68. The Labute approximate surface area is 124 Å². The first-order valence-corrected chi connectivity index (χ1v) is 8.15. The Hall–Kier alpha value is -0.565. The van der Waals surface area contributed by atoms with Crippen LogP contribution in [0.3, 0.4) is 0 Å². The van der Waals surface area contributed by atoms with Crippen LogP contribution >= 0.6 is 0 Å². The van der Waals surface area contributed by atoms with Crippen molar-refractivity contribution in [1.82, 2.24) is 0 Å². The molecule has 1 fully saturated rings. The lowest BCUT2D eigenvalue weighted by molar-refractivity contribution is -0.107. The average molecular weight is 276 g/mol. The van der Waals surface area contributed by atoms with E-state index in [1.54, 1.807) is 5.57 Å². The van der Waals surface area contributed by atoms with Gasteiger partial charge < -0.3 is 9.45 Å². The van der Waals surface area contributed by atoms with Crippen LogP contribution in [0.15, 0.2) is 11.6 Å². The first-order chi connectivity index (χ1) is 9.36. The molecule has 0 radical (unpaired) electrons. The Bertz CT molecular complexity index is 368. The number of unbranched alkanes of at least 4 members (excludes halogenated alkanes) is 1. The summed E-state index contributed by atoms with van der Waals surface area (Å²) in [5, 5.41) is 0. The van der Waals surface area contributed by atoms with Gasteiger partial charge in [-0.15, -0.1) is 0 Å². The number of carbonyl (C=O) groups is 1. The second kappa shape index (κ2) is 6.05. The molecule has 0 spiro atoms. The van der Waals surface area contributed by atoms with E-state index in [1.165, 1.54) is 19.2 Å². The van der Waals surface area contributed by atoms with Gasteiger partial charge in [-0.25, -0.2) is 0 Å². The number of allylic oxidation sites excluding steroid dienone is 2. The molecular formula is C17H29BO2. The van der Waals surface area contributed by atoms with Gasteiger partial charge in [-0.05, 0) is 57.1 Å². The summed E-state index contributed by atoms with van der Waals surface area (Å²) in [6, 6.07) is 0. The van der Waals surface area contributed by atoms with Crippen LogP contribution in [-0.2, 0) is 9.45 Å². The molecule has 20 heavy (non-hydrogen) atoms. The topological polar surface area (TPSA) is 26.3 Å². The molecule has 3 heteroatoms. The lowest BCUT2D eigenvalue weighted by Gasteiger charge is -2.34. The summed E-state index contributed by atoms with van der Waals surface area (Å²) in [5.74, 6) is 0.686. The van der Waals surface area contributed by atoms with Crippen molar-refractivity contribution >= 4 is 13.2 Å². The normalized spacial score (nSPS) is 28.3. The lowest BCUT2D eigenvalue weighted by Crippen LogP contribution is -2.34. The van der Waals surface area contributed by atoms with E-state index in [0.29, 0.717) is 19.2 Å². The predicted molar refractivity (Wildman–Crippen MR) is 85.1 cm³/mol. The minimum Gasteiger partial charge on any atom is -0.430 e. The van der Waals surface area contributed by atoms with Crippen LogP contribution in [0.4, 0.5) is 0 Å². The molecule has 2 aliphatic rings. The van der Waals surface area contributed by atoms with E-state index < -0.39 is 0 Å². The summed E-state index contributed by atoms with van der Waals surface area (Å²) in [5.41, 5.74) is 1.82. The Morgan fingerprint density at radius 2 is 2.15 bits per heavy atom. The summed E-state index contributed by atoms with van der Waals surface area (Å²) in [4.78, 5) is 10.4. The van der Waals surface area contributed by atoms with Crippen LogP contribution in [0.2, 0.25) is 12.1 Å². The number of aldehydes is 1. The predicted octanol–water partition coefficient (Wildman–Crippen LogP) is 4.66. The maximum atomic E-state index is 10.4. The van der Waals surface area contributed by atoms with Gasteiger partial charge in [-0.3, -0.25) is 0 Å². The van der Waals surface area contributed by atoms with Crippen LogP contribution in [0.25, 0.3) is 0 Å². The van der Waals surface area contributed by atoms with Crippen molar-refractivity contribution in [2.75, 3.05) is 0 Å². The molecule has 0 aromatic rings. The van der Waals surface area contributed by atoms with Crippen LogP contribution in [0.5, 0.6) is 0 Å². The van der Waals surface area contributed by atoms with Gasteiger partial charge in [0, 0.05) is 6.42 Å². The van der Waals surface area contributed by atoms with E-state index in [0.717, 1.165) is 25.5 Å². The molecule has 1 aliphatic heterocycles. The molecule has 0 bridgehead atoms. The summed E-state index contributed by atoms with van der Waals surface area (Å²) < 4.78 is 6.36. The van der Waals surface area contributed by atoms with Crippen molar-refractivity contribution in [2.45, 2.75) is 84.0 Å². The van der Waals surface area contributed by atoms with Gasteiger partial charge in [-0.1, -0.05) is 31.9 Å². The largest absolute Gasteiger partial charge is 0.430 e. The summed E-state index contributed by atoms with van der Waals surface area (Å²) in [6.45, 7) is 9.55. The van der Waals surface area contributed by atoms with E-state index in [1.807, 2.05) is 0 Å². The molecule has 0 amide bonds. The fourth-order valence-corrected chi connectivity index (χ4v) is 3.48. The second-order valence-corrected chi connectivity index (χ2v) is 7.71. The highest BCUT2D eigenvalue weighted by molar-refractivity contribution is 6.55. The van der Waals surface area contributed by atoms with Crippen LogP contribution < -0.4 is 0 Å². The molecule has 1 heterocycles. The number of hydrogen-bond donors (Lipinski definition) is 0. The summed E-state index contributed by atoms with van der Waals surface area (Å²) in [7, 11) is 0. The van der Waals surface area contributed by atoms with E-state index >= 15 is 0 Å². The Kier molecular flexibility index (Phi) is 4.78. The average Bonchev–Trinajstić information content (AvgIpc) is 2.60. The van der Waals surface area contributed by atoms with Gasteiger partial charge in [0.1, 0.15) is 6.29 Å². The molecule has 2 rings (SSSR count). The molecular weight excluding hydrogens is 247 g/mol. The van der Waals surface area contributed by atoms with Crippen molar-refractivity contribution in [3.8, 4) is 0 Å². The van der Waals surface area contributed by atoms with Gasteiger partial charge in [0.2, 0.25) is 0 Å². The lowest BCUT2D eigenvalue weighted by atomic mass is 9.48. The number of rotatable bonds is 5. The molecule has 1 atom stereocenters. The first kappa shape index (κ1) is 15.8. The van der Waals surface area contributed by atoms with Gasteiger partial charge in [0.15, 0.2) is 0 Å². The van der Waals surface area contributed by atoms with Gasteiger partial charge in [-0.2, -0.15) is 0 Å². The van der Waals surface area contributed by atoms with Crippen molar-refractivity contribution in [1.29, 1.82) is 0 Å². The Morgan fingerprint density at radius 3 is 2.65 bits per heavy atom. The Balaban J connectivity index is 1.87. The second-order valence-electron chi connectivity index (χ2n) is 7.71. The maximum absolute atomic E-state index is 10.4. The van der Waals surface area contributed by atoms with Crippen molar-refractivity contribution < 1.29 is 9.45 Å². The maximum Gasteiger partial charge on any atom is 0.297 e. The van der Waals surface area contributed by atoms with Crippen LogP contribution in [0.1, 0.15) is 66.2 Å². The highest BCUT2D eigenvalue weighted by Crippen LogP contribution is 2.50. The van der Waals surface area contributed by atoms with Crippen LogP contribution in [0, 0.1) is 5.41 Å². The molecule has 112 valence electrons. The molecule has 0 aromatic heterocycles. The molecule has 0 saturated carbocycles. The highest BCUT2D eigenvalue weighted by atomic mass is 16.5. The Morgan fingerprint density at radius 1 is 1.40 bits per heavy atom. The third kappa shape index (κ3) is 3.36. The molecule has 1 aliphatic carbocycles. The van der Waals surface area contributed by atoms with Crippen LogP contribution in [-0.4, -0.2) is 18.8 Å². The van der Waals surface area contributed by atoms with Crippen molar-refractivity contribution in [3.63, 3.8) is 0 Å². The fourth-order valence-electron chi connectivity index (χ4n) is 3.48. The van der Waals surface area contributed by atoms with Crippen molar-refractivity contribution in [3.05, 3.63) is 11.6 Å². The first-order valence-electron chi connectivity index (χ1n) is 8.15. The monoisotopic (exact) mass is 276 g/mol. The summed E-state index contributed by atoms with van der Waals surface area (Å²) in [6.07, 6.45) is 11.1. The zero-order valence-corrected chi connectivity index (χ0v) is 13.6. The van der Waals surface area contributed by atoms with E-state index in [2.05, 4.69) is 33.8 Å². The molecule has 2 nitrogen and oxygen atoms in total. The molecule has 0 aromatic carbocycles. The van der Waals surface area contributed by atoms with E-state index in [-0.39, 0.29) is 11.0 Å². The standard InChI is InChI=1S/C17H29BO2/c1-16(2)13-18(20-17(16,3)4)15-10-8-14(9-11-15)7-5-6-12-19/h8,12,15H,5-7,9-11,13H2,1-4H3. The smallest absolute Gasteiger partial charge is 0.297 e. The van der Waals surface area contributed by atoms with Crippen molar-refractivity contribution in [2.24, 2.45) is 5.41 Å². The summed E-state index contributed by atoms with van der Waals surface area (Å²) >= 11 is 0. The van der Waals surface area contributed by atoms with E-state index in [9.17, 15) is 4.79 Å². The molecule has 1 unspecified atom stereocenters. The molecule has 1 saturated heterocycles. The third-order valence-corrected chi connectivity index (χ3v) is 5.68. The number of hydrogen-bond acceptors (Lipinski definition) is 2. The quantitative estimate of drug-likeness (QED) is 0.316. The minimum absolute atomic E-state index is 0.00831. The minimum atomic E-state index is -0.00831. The zero-order valence-electron chi connectivity index (χ0n) is 13.6. The SMILES string of the molecule is CC1(C)CB(C2CC=C(CCCC=O)CC2)OC1(C)C. The van der Waals surface area contributed by atoms with E-state index in [4.69, 9.17) is 4.65 Å². The number of carbonyl (C=O) groups excluding carboxylic acids is 1. The van der Waals surface area contributed by atoms with Gasteiger partial charge >= 0.3 is 0 Å². The highest BCUT2D eigenvalue weighted by Gasteiger charge is 2.51. The fraction of sp³-hybridized carbons (Fsp3) is 0.824. The van der Waals surface area contributed by atoms with Gasteiger partial charge in [0.25, 0.3) is 6.92 Å². The molecule has 0 N–H and O–H groups in total. The van der Waals surface area contributed by atoms with Gasteiger partial charge in [0.05, 0.1) is 5.60 Å².